The molecule has 0 saturated carbocycles. The quantitative estimate of drug-likeness (QED) is 0.0376. The van der Waals surface area contributed by atoms with Crippen molar-refractivity contribution in [1.29, 1.82) is 0 Å². The number of aromatic amines is 1. The zero-order chi connectivity index (χ0) is 40.0. The predicted octanol–water partition coefficient (Wildman–Crippen LogP) is 9.18. The van der Waals surface area contributed by atoms with Gasteiger partial charge in [-0.15, -0.1) is 0 Å². The van der Waals surface area contributed by atoms with Crippen LogP contribution in [0.5, 0.6) is 17.2 Å². The Morgan fingerprint density at radius 3 is 1.71 bits per heavy atom. The highest BCUT2D eigenvalue weighted by atomic mass is 16.5. The van der Waals surface area contributed by atoms with E-state index in [1.165, 1.54) is 70.3 Å². The van der Waals surface area contributed by atoms with E-state index in [0.29, 0.717) is 16.9 Å². The first-order chi connectivity index (χ1) is 26.1. The van der Waals surface area contributed by atoms with Gasteiger partial charge in [-0.1, -0.05) is 70.4 Å². The maximum Gasteiger partial charge on any atom is 0.328 e. The standard InChI is InChI=1S/C12H27N.C10H9N3O2.C10H9NO2.C10H10O3.B/c1-4-7-10-13(11-8-5-2)12-9-6-3;1-15-9-4-2-3-8(7-9)5-6-10(14)12-13-11;1-13-8-2-3-9-7(6-8)4-5-11-10(9)12;1-13-9-4-2-3-8(7-9)5-6-10(11)12;/h4-12H2,1-3H3;2-7H,1H3;2-6H,1H3,(H,11,12);2-7H,1H3,(H,11,12);/b;6-5+;;6-5+;. The minimum absolute atomic E-state index is 0. The number of nitrogens with zero attached hydrogens (tertiary/aromatic N) is 4. The number of carbonyl (C=O) groups is 2. The number of hydrogen-bond acceptors (Lipinski definition) is 7. The highest BCUT2D eigenvalue weighted by Gasteiger charge is 2.02. The van der Waals surface area contributed by atoms with Crippen molar-refractivity contribution in [1.82, 2.24) is 9.88 Å². The number of aliphatic carboxylic acids is 1. The Morgan fingerprint density at radius 2 is 1.25 bits per heavy atom. The summed E-state index contributed by atoms with van der Waals surface area (Å²) in [7, 11) is 4.74. The molecular formula is C42H55BN5O7. The van der Waals surface area contributed by atoms with E-state index in [0.717, 1.165) is 28.3 Å². The first kappa shape index (κ1) is 49.2. The molecule has 0 atom stereocenters. The molecule has 3 aromatic carbocycles. The van der Waals surface area contributed by atoms with Gasteiger partial charge in [-0.05, 0) is 127 Å². The molecule has 55 heavy (non-hydrogen) atoms. The fourth-order valence-electron chi connectivity index (χ4n) is 4.68. The second-order valence-corrected chi connectivity index (χ2v) is 11.7. The second-order valence-electron chi connectivity index (χ2n) is 11.7. The first-order valence-corrected chi connectivity index (χ1v) is 18.0. The van der Waals surface area contributed by atoms with Gasteiger partial charge in [0.1, 0.15) is 17.2 Å². The summed E-state index contributed by atoms with van der Waals surface area (Å²) in [6.07, 6.45) is 15.1. The molecule has 1 amide bonds. The smallest absolute Gasteiger partial charge is 0.328 e. The third kappa shape index (κ3) is 22.1. The van der Waals surface area contributed by atoms with E-state index in [9.17, 15) is 14.4 Å². The van der Waals surface area contributed by atoms with Gasteiger partial charge in [0.15, 0.2) is 0 Å². The van der Waals surface area contributed by atoms with Gasteiger partial charge in [-0.25, -0.2) is 4.79 Å². The van der Waals surface area contributed by atoms with Gasteiger partial charge in [-0.3, -0.25) is 9.59 Å². The summed E-state index contributed by atoms with van der Waals surface area (Å²) in [4.78, 5) is 40.0. The Balaban J connectivity index is 0.000000704. The zero-order valence-electron chi connectivity index (χ0n) is 32.9. The summed E-state index contributed by atoms with van der Waals surface area (Å²) in [5, 5.41) is 12.9. The maximum absolute atomic E-state index is 11.3. The molecule has 0 saturated heterocycles. The average Bonchev–Trinajstić information content (AvgIpc) is 3.20. The third-order valence-corrected chi connectivity index (χ3v) is 7.63. The number of fused-ring (bicyclic) bond motifs is 1. The van der Waals surface area contributed by atoms with Crippen LogP contribution in [0.25, 0.3) is 33.4 Å². The molecule has 0 aliphatic carbocycles. The van der Waals surface area contributed by atoms with E-state index in [1.807, 2.05) is 24.3 Å². The van der Waals surface area contributed by atoms with Crippen LogP contribution >= 0.6 is 0 Å². The number of carboxylic acid groups (broad SMARTS) is 1. The molecule has 0 unspecified atom stereocenters. The number of carboxylic acids is 1. The van der Waals surface area contributed by atoms with E-state index in [4.69, 9.17) is 24.8 Å². The van der Waals surface area contributed by atoms with Crippen LogP contribution < -0.4 is 19.8 Å². The molecular weight excluding hydrogens is 697 g/mol. The van der Waals surface area contributed by atoms with Crippen molar-refractivity contribution in [3.8, 4) is 17.2 Å². The van der Waals surface area contributed by atoms with E-state index in [1.54, 1.807) is 82.1 Å². The minimum atomic E-state index is -0.956. The number of hydrogen-bond donors (Lipinski definition) is 2. The zero-order valence-corrected chi connectivity index (χ0v) is 32.9. The predicted molar refractivity (Wildman–Crippen MR) is 224 cm³/mol. The van der Waals surface area contributed by atoms with Gasteiger partial charge in [-0.2, -0.15) is 0 Å². The third-order valence-electron chi connectivity index (χ3n) is 7.63. The highest BCUT2D eigenvalue weighted by molar-refractivity contribution is 5.92. The molecule has 293 valence electrons. The normalized spacial score (nSPS) is 10.1. The Kier molecular flexibility index (Phi) is 27.4. The van der Waals surface area contributed by atoms with E-state index in [-0.39, 0.29) is 14.0 Å². The average molecular weight is 753 g/mol. The number of ether oxygens (including phenoxy) is 3. The lowest BCUT2D eigenvalue weighted by molar-refractivity contribution is -0.131. The molecule has 4 rings (SSSR count). The summed E-state index contributed by atoms with van der Waals surface area (Å²) in [6, 6.07) is 21.6. The van der Waals surface area contributed by atoms with Crippen LogP contribution in [-0.4, -0.2) is 76.2 Å². The Hall–Kier alpha value is -5.78. The van der Waals surface area contributed by atoms with Crippen molar-refractivity contribution in [3.63, 3.8) is 0 Å². The number of benzene rings is 3. The number of nitrogens with one attached hydrogen (secondary N) is 1. The Bertz CT molecular complexity index is 1840. The molecule has 4 aromatic rings. The van der Waals surface area contributed by atoms with Crippen LogP contribution in [0.2, 0.25) is 0 Å². The summed E-state index contributed by atoms with van der Waals surface area (Å²) in [5.74, 6) is 0.599. The Labute approximate surface area is 327 Å². The van der Waals surface area contributed by atoms with Gasteiger partial charge in [0.05, 0.1) is 21.3 Å². The summed E-state index contributed by atoms with van der Waals surface area (Å²) >= 11 is 0. The van der Waals surface area contributed by atoms with E-state index >= 15 is 0 Å². The largest absolute Gasteiger partial charge is 0.497 e. The lowest BCUT2D eigenvalue weighted by Gasteiger charge is -2.21. The van der Waals surface area contributed by atoms with Crippen LogP contribution in [0, 0.1) is 0 Å². The fourth-order valence-corrected chi connectivity index (χ4v) is 4.68. The van der Waals surface area contributed by atoms with Crippen LogP contribution in [0.4, 0.5) is 0 Å². The number of pyridine rings is 1. The number of rotatable bonds is 16. The van der Waals surface area contributed by atoms with Crippen molar-refractivity contribution < 1.29 is 28.9 Å². The van der Waals surface area contributed by atoms with Gasteiger partial charge >= 0.3 is 5.97 Å². The van der Waals surface area contributed by atoms with Crippen molar-refractivity contribution in [3.05, 3.63) is 123 Å². The van der Waals surface area contributed by atoms with Crippen molar-refractivity contribution in [2.75, 3.05) is 41.0 Å². The van der Waals surface area contributed by atoms with Crippen LogP contribution in [-0.2, 0) is 9.59 Å². The van der Waals surface area contributed by atoms with Crippen molar-refractivity contribution in [2.45, 2.75) is 59.3 Å². The van der Waals surface area contributed by atoms with Gasteiger partial charge in [0.25, 0.3) is 5.56 Å². The number of azide groups is 1. The molecule has 0 aliphatic heterocycles. The maximum atomic E-state index is 11.3. The molecule has 0 spiro atoms. The number of amides is 1. The molecule has 3 radical (unpaired) electrons. The number of H-pyrrole nitrogens is 1. The van der Waals surface area contributed by atoms with E-state index < -0.39 is 11.9 Å². The molecule has 0 fully saturated rings. The number of carbonyl (C=O) groups excluding carboxylic acids is 1. The SMILES string of the molecule is CCCCN(CCCC)CCCC.COc1ccc2c(=O)[nH]ccc2c1.COc1cccc(/C=C/C(=O)N=[N+]=[N-])c1.COc1cccc(/C=C/C(=O)O)c1.[B]. The topological polar surface area (TPSA) is 167 Å². The van der Waals surface area contributed by atoms with Crippen molar-refractivity contribution in [2.24, 2.45) is 5.11 Å². The number of unbranched alkanes of at least 4 members (excludes halogenated alkanes) is 3. The van der Waals surface area contributed by atoms with Crippen LogP contribution in [0.15, 0.2) is 101 Å². The first-order valence-electron chi connectivity index (χ1n) is 18.0. The molecule has 1 aromatic heterocycles. The fraction of sp³-hybridized carbons (Fsp3) is 0.357. The van der Waals surface area contributed by atoms with Crippen LogP contribution in [0.1, 0.15) is 70.4 Å². The summed E-state index contributed by atoms with van der Waals surface area (Å²) in [5.41, 5.74) is 9.54. The summed E-state index contributed by atoms with van der Waals surface area (Å²) < 4.78 is 15.0. The molecule has 0 bridgehead atoms. The van der Waals surface area contributed by atoms with Crippen LogP contribution in [0.3, 0.4) is 0 Å². The monoisotopic (exact) mass is 752 g/mol. The highest BCUT2D eigenvalue weighted by Crippen LogP contribution is 2.17. The minimum Gasteiger partial charge on any atom is -0.497 e. The second kappa shape index (κ2) is 30.7. The van der Waals surface area contributed by atoms with Gasteiger partial charge < -0.3 is 29.2 Å². The van der Waals surface area contributed by atoms with Gasteiger partial charge in [0, 0.05) is 31.0 Å². The molecule has 0 aliphatic rings. The van der Waals surface area contributed by atoms with E-state index in [2.05, 4.69) is 40.7 Å². The molecule has 12 nitrogen and oxygen atoms in total. The van der Waals surface area contributed by atoms with Crippen molar-refractivity contribution >= 4 is 43.2 Å². The summed E-state index contributed by atoms with van der Waals surface area (Å²) in [6.45, 7) is 10.8. The molecule has 1 heterocycles. The molecule has 13 heteroatoms. The Morgan fingerprint density at radius 1 is 0.764 bits per heavy atom. The lowest BCUT2D eigenvalue weighted by Crippen LogP contribution is -2.27. The number of methoxy groups -OCH3 is 3. The van der Waals surface area contributed by atoms with Gasteiger partial charge in [0.2, 0.25) is 5.91 Å². The lowest BCUT2D eigenvalue weighted by atomic mass is 10.2. The molecule has 2 N–H and O–H groups in total. The number of aromatic nitrogens is 1.